The number of morpholine rings is 1. The van der Waals surface area contributed by atoms with Crippen LogP contribution in [0.5, 0.6) is 0 Å². The number of hydrogen-bond acceptors (Lipinski definition) is 5. The van der Waals surface area contributed by atoms with Crippen LogP contribution in [0.15, 0.2) is 67.3 Å². The van der Waals surface area contributed by atoms with Crippen molar-refractivity contribution in [1.82, 2.24) is 19.4 Å². The molecular formula is C25H24N4O3. The highest BCUT2D eigenvalue weighted by molar-refractivity contribution is 5.95. The zero-order chi connectivity index (χ0) is 22.1. The van der Waals surface area contributed by atoms with Crippen molar-refractivity contribution in [2.75, 3.05) is 26.3 Å². The minimum atomic E-state index is -0.534. The van der Waals surface area contributed by atoms with E-state index in [1.165, 1.54) is 0 Å². The van der Waals surface area contributed by atoms with Crippen LogP contribution in [0.3, 0.4) is 0 Å². The van der Waals surface area contributed by atoms with Crippen LogP contribution in [-0.2, 0) is 4.74 Å². The number of imidazole rings is 1. The molecule has 0 spiro atoms. The zero-order valence-corrected chi connectivity index (χ0v) is 17.8. The number of carbonyl (C=O) groups is 1. The zero-order valence-electron chi connectivity index (χ0n) is 17.8. The molecule has 3 heterocycles. The van der Waals surface area contributed by atoms with Crippen molar-refractivity contribution in [2.24, 2.45) is 0 Å². The van der Waals surface area contributed by atoms with Crippen LogP contribution in [0, 0.1) is 0 Å². The molecule has 1 atom stereocenters. The molecule has 1 amide bonds. The summed E-state index contributed by atoms with van der Waals surface area (Å²) in [6.07, 6.45) is 4.64. The Kier molecular flexibility index (Phi) is 5.43. The van der Waals surface area contributed by atoms with E-state index in [1.54, 1.807) is 30.5 Å². The van der Waals surface area contributed by atoms with Gasteiger partial charge in [-0.2, -0.15) is 0 Å². The largest absolute Gasteiger partial charge is 0.389 e. The lowest BCUT2D eigenvalue weighted by Gasteiger charge is -2.26. The Morgan fingerprint density at radius 2 is 1.91 bits per heavy atom. The molecule has 162 valence electrons. The smallest absolute Gasteiger partial charge is 0.255 e. The normalized spacial score (nSPS) is 15.1. The summed E-state index contributed by atoms with van der Waals surface area (Å²) >= 11 is 0. The quantitative estimate of drug-likeness (QED) is 0.537. The molecule has 2 aromatic carbocycles. The standard InChI is InChI=1S/C25H24N4O3/c1-17(30)18-5-6-24-23(13-18)27-16-29(24)22-4-2-3-19(12-22)20-11-21(15-26-14-20)25(31)28-7-9-32-10-8-28/h2-6,11-17,30H,7-10H2,1H3/t17-/m0/s1. The number of aliphatic hydroxyl groups excluding tert-OH is 1. The molecule has 32 heavy (non-hydrogen) atoms. The summed E-state index contributed by atoms with van der Waals surface area (Å²) in [6.45, 7) is 4.08. The molecule has 7 heteroatoms. The molecule has 2 aromatic heterocycles. The minimum Gasteiger partial charge on any atom is -0.389 e. The summed E-state index contributed by atoms with van der Waals surface area (Å²) in [5, 5.41) is 9.84. The Morgan fingerprint density at radius 3 is 2.72 bits per heavy atom. The molecule has 0 unspecified atom stereocenters. The second-order valence-electron chi connectivity index (χ2n) is 7.96. The van der Waals surface area contributed by atoms with E-state index in [9.17, 15) is 9.90 Å². The molecule has 1 fully saturated rings. The number of aromatic nitrogens is 3. The fourth-order valence-electron chi connectivity index (χ4n) is 3.99. The van der Waals surface area contributed by atoms with Crippen LogP contribution in [0.1, 0.15) is 28.9 Å². The third-order valence-electron chi connectivity index (χ3n) is 5.79. The van der Waals surface area contributed by atoms with E-state index < -0.39 is 6.10 Å². The minimum absolute atomic E-state index is 0.0201. The molecule has 5 rings (SSSR count). The molecule has 0 aliphatic carbocycles. The van der Waals surface area contributed by atoms with Gasteiger partial charge in [-0.1, -0.05) is 18.2 Å². The van der Waals surface area contributed by atoms with Crippen molar-refractivity contribution in [3.05, 3.63) is 78.4 Å². The van der Waals surface area contributed by atoms with Crippen molar-refractivity contribution in [1.29, 1.82) is 0 Å². The van der Waals surface area contributed by atoms with Gasteiger partial charge in [-0.05, 0) is 48.4 Å². The molecule has 1 saturated heterocycles. The van der Waals surface area contributed by atoms with Gasteiger partial charge < -0.3 is 14.7 Å². The summed E-state index contributed by atoms with van der Waals surface area (Å²) in [6, 6.07) is 15.8. The first-order chi connectivity index (χ1) is 15.6. The van der Waals surface area contributed by atoms with Crippen LogP contribution >= 0.6 is 0 Å². The van der Waals surface area contributed by atoms with Crippen LogP contribution in [0.2, 0.25) is 0 Å². The Labute approximate surface area is 185 Å². The number of carbonyl (C=O) groups excluding carboxylic acids is 1. The molecule has 0 saturated carbocycles. The average Bonchev–Trinajstić information content (AvgIpc) is 3.27. The number of nitrogens with zero attached hydrogens (tertiary/aromatic N) is 4. The van der Waals surface area contributed by atoms with Gasteiger partial charge in [-0.25, -0.2) is 4.98 Å². The third-order valence-corrected chi connectivity index (χ3v) is 5.79. The molecule has 4 aromatic rings. The summed E-state index contributed by atoms with van der Waals surface area (Å²) in [5.74, 6) is -0.0201. The first-order valence-electron chi connectivity index (χ1n) is 10.7. The Balaban J connectivity index is 1.47. The van der Waals surface area contributed by atoms with E-state index >= 15 is 0 Å². The summed E-state index contributed by atoms with van der Waals surface area (Å²) in [5.41, 5.74) is 6.01. The SMILES string of the molecule is C[C@H](O)c1ccc2c(c1)ncn2-c1cccc(-c2cncc(C(=O)N3CCOCC3)c2)c1. The van der Waals surface area contributed by atoms with Crippen molar-refractivity contribution in [2.45, 2.75) is 13.0 Å². The van der Waals surface area contributed by atoms with Crippen LogP contribution in [-0.4, -0.2) is 56.8 Å². The van der Waals surface area contributed by atoms with Crippen LogP contribution in [0.25, 0.3) is 27.8 Å². The Hall–Kier alpha value is -3.55. The average molecular weight is 428 g/mol. The van der Waals surface area contributed by atoms with Gasteiger partial charge in [0.15, 0.2) is 0 Å². The number of rotatable bonds is 4. The number of amides is 1. The first kappa shape index (κ1) is 20.4. The van der Waals surface area contributed by atoms with Gasteiger partial charge in [0.1, 0.15) is 6.33 Å². The second-order valence-corrected chi connectivity index (χ2v) is 7.96. The lowest BCUT2D eigenvalue weighted by molar-refractivity contribution is 0.0302. The van der Waals surface area contributed by atoms with E-state index in [4.69, 9.17) is 4.74 Å². The van der Waals surface area contributed by atoms with Crippen molar-refractivity contribution in [3.63, 3.8) is 0 Å². The highest BCUT2D eigenvalue weighted by atomic mass is 16.5. The number of ether oxygens (including phenoxy) is 1. The number of hydrogen-bond donors (Lipinski definition) is 1. The highest BCUT2D eigenvalue weighted by Gasteiger charge is 2.19. The summed E-state index contributed by atoms with van der Waals surface area (Å²) < 4.78 is 7.36. The summed E-state index contributed by atoms with van der Waals surface area (Å²) in [4.78, 5) is 23.5. The van der Waals surface area contributed by atoms with Gasteiger partial charge in [0.2, 0.25) is 0 Å². The lowest BCUT2D eigenvalue weighted by Crippen LogP contribution is -2.40. The van der Waals surface area contributed by atoms with Gasteiger partial charge in [0.25, 0.3) is 5.91 Å². The molecule has 1 aliphatic heterocycles. The van der Waals surface area contributed by atoms with E-state index in [0.717, 1.165) is 33.4 Å². The van der Waals surface area contributed by atoms with Gasteiger partial charge in [-0.15, -0.1) is 0 Å². The number of aliphatic hydroxyl groups is 1. The highest BCUT2D eigenvalue weighted by Crippen LogP contribution is 2.26. The lowest BCUT2D eigenvalue weighted by atomic mass is 10.0. The molecule has 7 nitrogen and oxygen atoms in total. The maximum atomic E-state index is 12.9. The van der Waals surface area contributed by atoms with Gasteiger partial charge in [-0.3, -0.25) is 14.3 Å². The fraction of sp³-hybridized carbons (Fsp3) is 0.240. The second kappa shape index (κ2) is 8.53. The summed E-state index contributed by atoms with van der Waals surface area (Å²) in [7, 11) is 0. The van der Waals surface area contributed by atoms with E-state index in [2.05, 4.69) is 16.0 Å². The monoisotopic (exact) mass is 428 g/mol. The van der Waals surface area contributed by atoms with Gasteiger partial charge >= 0.3 is 0 Å². The van der Waals surface area contributed by atoms with Crippen molar-refractivity contribution in [3.8, 4) is 16.8 Å². The number of pyridine rings is 1. The molecule has 0 radical (unpaired) electrons. The number of fused-ring (bicyclic) bond motifs is 1. The Morgan fingerprint density at radius 1 is 1.06 bits per heavy atom. The molecule has 1 N–H and O–H groups in total. The Bertz CT molecular complexity index is 1280. The van der Waals surface area contributed by atoms with E-state index in [0.29, 0.717) is 31.9 Å². The van der Waals surface area contributed by atoms with Crippen molar-refractivity contribution >= 4 is 16.9 Å². The number of benzene rings is 2. The molecule has 1 aliphatic rings. The predicted octanol–water partition coefficient (Wildman–Crippen LogP) is 3.61. The van der Waals surface area contributed by atoms with E-state index in [1.807, 2.05) is 47.0 Å². The third kappa shape index (κ3) is 3.88. The molecule has 0 bridgehead atoms. The van der Waals surface area contributed by atoms with Crippen LogP contribution in [0.4, 0.5) is 0 Å². The topological polar surface area (TPSA) is 80.5 Å². The van der Waals surface area contributed by atoms with E-state index in [-0.39, 0.29) is 5.91 Å². The van der Waals surface area contributed by atoms with Gasteiger partial charge in [0.05, 0.1) is 35.9 Å². The maximum Gasteiger partial charge on any atom is 0.255 e. The maximum absolute atomic E-state index is 12.9. The van der Waals surface area contributed by atoms with Crippen molar-refractivity contribution < 1.29 is 14.6 Å². The van der Waals surface area contributed by atoms with Gasteiger partial charge in [0, 0.05) is 36.7 Å². The molecular weight excluding hydrogens is 404 g/mol. The predicted molar refractivity (Wildman–Crippen MR) is 122 cm³/mol. The first-order valence-corrected chi connectivity index (χ1v) is 10.7. The van der Waals surface area contributed by atoms with Crippen LogP contribution < -0.4 is 0 Å². The fourth-order valence-corrected chi connectivity index (χ4v) is 3.99.